The Kier molecular flexibility index (Phi) is 4.37. The third kappa shape index (κ3) is 2.96. The maximum absolute atomic E-state index is 12.7. The summed E-state index contributed by atoms with van der Waals surface area (Å²) < 4.78 is 3.90. The van der Waals surface area contributed by atoms with E-state index >= 15 is 0 Å². The Morgan fingerprint density at radius 1 is 1.22 bits per heavy atom. The summed E-state index contributed by atoms with van der Waals surface area (Å²) in [6, 6.07) is 9.47. The highest BCUT2D eigenvalue weighted by Gasteiger charge is 2.29. The summed E-state index contributed by atoms with van der Waals surface area (Å²) in [6.45, 7) is 6.03. The van der Waals surface area contributed by atoms with Crippen LogP contribution < -0.4 is 5.56 Å². The average molecular weight is 313 g/mol. The van der Waals surface area contributed by atoms with Crippen molar-refractivity contribution in [3.63, 3.8) is 0 Å². The van der Waals surface area contributed by atoms with Crippen LogP contribution in [0.4, 0.5) is 0 Å². The fraction of sp³-hybridized carbons (Fsp3) is 0.444. The first-order valence-corrected chi connectivity index (χ1v) is 8.22. The number of aryl methyl sites for hydroxylation is 1. The molecule has 0 radical (unpaired) electrons. The van der Waals surface area contributed by atoms with Gasteiger partial charge in [-0.25, -0.2) is 0 Å². The van der Waals surface area contributed by atoms with Gasteiger partial charge in [0.15, 0.2) is 0 Å². The predicted molar refractivity (Wildman–Crippen MR) is 89.2 cm³/mol. The first-order valence-electron chi connectivity index (χ1n) is 8.22. The summed E-state index contributed by atoms with van der Waals surface area (Å²) in [7, 11) is 0. The lowest BCUT2D eigenvalue weighted by Gasteiger charge is -2.36. The van der Waals surface area contributed by atoms with Crippen molar-refractivity contribution in [2.75, 3.05) is 6.54 Å². The highest BCUT2D eigenvalue weighted by Crippen LogP contribution is 2.29. The van der Waals surface area contributed by atoms with E-state index in [2.05, 4.69) is 23.8 Å². The zero-order valence-electron chi connectivity index (χ0n) is 13.7. The van der Waals surface area contributed by atoms with Crippen LogP contribution >= 0.6 is 0 Å². The van der Waals surface area contributed by atoms with Gasteiger partial charge in [0.1, 0.15) is 0 Å². The number of hydrogen-bond donors (Lipinski definition) is 0. The van der Waals surface area contributed by atoms with Gasteiger partial charge in [0.25, 0.3) is 5.56 Å². The van der Waals surface area contributed by atoms with E-state index in [1.807, 2.05) is 24.0 Å². The van der Waals surface area contributed by atoms with Crippen molar-refractivity contribution in [1.82, 2.24) is 14.0 Å². The van der Waals surface area contributed by atoms with E-state index in [9.17, 15) is 9.59 Å². The lowest BCUT2D eigenvalue weighted by molar-refractivity contribution is -0.135. The Morgan fingerprint density at radius 3 is 2.78 bits per heavy atom. The summed E-state index contributed by atoms with van der Waals surface area (Å²) >= 11 is 0. The Balaban J connectivity index is 1.73. The van der Waals surface area contributed by atoms with Gasteiger partial charge in [-0.2, -0.15) is 0 Å². The van der Waals surface area contributed by atoms with Gasteiger partial charge in [-0.1, -0.05) is 13.0 Å². The van der Waals surface area contributed by atoms with Gasteiger partial charge >= 0.3 is 0 Å². The van der Waals surface area contributed by atoms with Crippen molar-refractivity contribution in [1.29, 1.82) is 0 Å². The lowest BCUT2D eigenvalue weighted by Crippen LogP contribution is -2.42. The fourth-order valence-corrected chi connectivity index (χ4v) is 3.45. The van der Waals surface area contributed by atoms with Gasteiger partial charge < -0.3 is 14.0 Å². The van der Waals surface area contributed by atoms with Crippen LogP contribution in [0, 0.1) is 6.92 Å². The number of aromatic nitrogens is 2. The van der Waals surface area contributed by atoms with Crippen LogP contribution in [0.3, 0.4) is 0 Å². The molecule has 0 aromatic carbocycles. The minimum Gasteiger partial charge on any atom is -0.348 e. The second kappa shape index (κ2) is 6.44. The van der Waals surface area contributed by atoms with Crippen molar-refractivity contribution >= 4 is 5.91 Å². The van der Waals surface area contributed by atoms with Crippen LogP contribution in [-0.2, 0) is 17.9 Å². The number of carbonyl (C=O) groups excluding carboxylic acids is 1. The first kappa shape index (κ1) is 15.6. The summed E-state index contributed by atoms with van der Waals surface area (Å²) in [4.78, 5) is 26.6. The van der Waals surface area contributed by atoms with Crippen molar-refractivity contribution in [2.45, 2.75) is 45.8 Å². The molecule has 1 aliphatic heterocycles. The molecule has 3 heterocycles. The predicted octanol–water partition coefficient (Wildman–Crippen LogP) is 2.34. The monoisotopic (exact) mass is 313 g/mol. The topological polar surface area (TPSA) is 47.2 Å². The molecule has 1 atom stereocenters. The molecule has 0 N–H and O–H groups in total. The molecule has 1 amide bonds. The molecular formula is C18H23N3O2. The molecule has 23 heavy (non-hydrogen) atoms. The fourth-order valence-electron chi connectivity index (χ4n) is 3.45. The molecule has 0 fully saturated rings. The molecule has 0 unspecified atom stereocenters. The molecule has 0 aliphatic carbocycles. The molecule has 2 aromatic heterocycles. The van der Waals surface area contributed by atoms with Gasteiger partial charge in [0, 0.05) is 49.7 Å². The van der Waals surface area contributed by atoms with Crippen LogP contribution in [0.25, 0.3) is 0 Å². The Hall–Kier alpha value is -2.30. The smallest absolute Gasteiger partial charge is 0.250 e. The molecule has 0 saturated heterocycles. The summed E-state index contributed by atoms with van der Waals surface area (Å²) in [6.07, 6.45) is 3.34. The molecule has 0 bridgehead atoms. The number of rotatable bonds is 4. The largest absolute Gasteiger partial charge is 0.348 e. The summed E-state index contributed by atoms with van der Waals surface area (Å²) in [5, 5.41) is 0. The minimum atomic E-state index is -0.0441. The number of carbonyl (C=O) groups is 1. The quantitative estimate of drug-likeness (QED) is 0.870. The molecular weight excluding hydrogens is 290 g/mol. The molecule has 5 heteroatoms. The summed E-state index contributed by atoms with van der Waals surface area (Å²) in [5.74, 6) is 0.124. The van der Waals surface area contributed by atoms with Gasteiger partial charge in [0.2, 0.25) is 5.91 Å². The van der Waals surface area contributed by atoms with Gasteiger partial charge in [-0.05, 0) is 31.5 Å². The molecule has 0 saturated carbocycles. The van der Waals surface area contributed by atoms with Crippen LogP contribution in [0.15, 0.2) is 41.3 Å². The van der Waals surface area contributed by atoms with Crippen molar-refractivity contribution < 1.29 is 4.79 Å². The maximum atomic E-state index is 12.7. The van der Waals surface area contributed by atoms with Crippen molar-refractivity contribution in [3.8, 4) is 0 Å². The number of amides is 1. The lowest BCUT2D eigenvalue weighted by atomic mass is 10.1. The van der Waals surface area contributed by atoms with Gasteiger partial charge in [-0.15, -0.1) is 0 Å². The third-order valence-electron chi connectivity index (χ3n) is 4.69. The Bertz CT molecular complexity index is 760. The van der Waals surface area contributed by atoms with Crippen molar-refractivity contribution in [2.24, 2.45) is 0 Å². The number of fused-ring (bicyclic) bond motifs is 1. The molecule has 5 nitrogen and oxygen atoms in total. The van der Waals surface area contributed by atoms with E-state index < -0.39 is 0 Å². The molecule has 1 aliphatic rings. The second-order valence-corrected chi connectivity index (χ2v) is 6.04. The molecule has 122 valence electrons. The number of hydrogen-bond acceptors (Lipinski definition) is 2. The molecule has 2 aromatic rings. The highest BCUT2D eigenvalue weighted by atomic mass is 16.2. The first-order chi connectivity index (χ1) is 11.1. The van der Waals surface area contributed by atoms with E-state index in [-0.39, 0.29) is 17.5 Å². The average Bonchev–Trinajstić information content (AvgIpc) is 3.01. The third-order valence-corrected chi connectivity index (χ3v) is 4.69. The van der Waals surface area contributed by atoms with E-state index in [4.69, 9.17) is 0 Å². The SMILES string of the molecule is CC[C@@H]1c2cccn2CCN1C(=O)CCn1c(C)cccc1=O. The zero-order chi connectivity index (χ0) is 16.4. The van der Waals surface area contributed by atoms with Crippen LogP contribution in [0.5, 0.6) is 0 Å². The van der Waals surface area contributed by atoms with Crippen LogP contribution in [0.2, 0.25) is 0 Å². The van der Waals surface area contributed by atoms with E-state index in [0.29, 0.717) is 13.0 Å². The van der Waals surface area contributed by atoms with E-state index in [0.717, 1.165) is 25.2 Å². The zero-order valence-corrected chi connectivity index (χ0v) is 13.7. The van der Waals surface area contributed by atoms with Crippen molar-refractivity contribution in [3.05, 3.63) is 58.3 Å². The van der Waals surface area contributed by atoms with Crippen LogP contribution in [-0.4, -0.2) is 26.5 Å². The highest BCUT2D eigenvalue weighted by molar-refractivity contribution is 5.76. The van der Waals surface area contributed by atoms with Gasteiger partial charge in [0.05, 0.1) is 6.04 Å². The minimum absolute atomic E-state index is 0.0441. The van der Waals surface area contributed by atoms with E-state index in [1.165, 1.54) is 5.69 Å². The molecule has 3 rings (SSSR count). The maximum Gasteiger partial charge on any atom is 0.250 e. The number of nitrogens with zero attached hydrogens (tertiary/aromatic N) is 3. The molecule has 0 spiro atoms. The second-order valence-electron chi connectivity index (χ2n) is 6.04. The van der Waals surface area contributed by atoms with Gasteiger partial charge in [-0.3, -0.25) is 9.59 Å². The normalized spacial score (nSPS) is 17.1. The Morgan fingerprint density at radius 2 is 2.04 bits per heavy atom. The number of pyridine rings is 1. The van der Waals surface area contributed by atoms with Crippen LogP contribution in [0.1, 0.15) is 37.2 Å². The summed E-state index contributed by atoms with van der Waals surface area (Å²) in [5.41, 5.74) is 2.06. The van der Waals surface area contributed by atoms with E-state index in [1.54, 1.807) is 16.7 Å². The Labute approximate surface area is 136 Å². The standard InChI is InChI=1S/C18H23N3O2/c1-3-15-16-7-5-10-19(16)12-13-21(15)18(23)9-11-20-14(2)6-4-8-17(20)22/h4-8,10,15H,3,9,11-13H2,1-2H3/t15-/m1/s1.